The summed E-state index contributed by atoms with van der Waals surface area (Å²) in [7, 11) is 2.97. The molecule has 0 aromatic heterocycles. The van der Waals surface area contributed by atoms with Crippen LogP contribution < -0.4 is 20.3 Å². The van der Waals surface area contributed by atoms with Crippen LogP contribution in [0.3, 0.4) is 0 Å². The average Bonchev–Trinajstić information content (AvgIpc) is 2.64. The molecule has 7 nitrogen and oxygen atoms in total. The molecule has 0 bridgehead atoms. The molecule has 0 fully saturated rings. The molecule has 0 radical (unpaired) electrons. The monoisotopic (exact) mass is 432 g/mol. The normalized spacial score (nSPS) is 12.8. The Balaban J connectivity index is 2.56. The predicted molar refractivity (Wildman–Crippen MR) is 101 cm³/mol. The molecule has 1 aromatic carbocycles. The van der Waals surface area contributed by atoms with E-state index < -0.39 is 17.9 Å². The van der Waals surface area contributed by atoms with Gasteiger partial charge in [-0.05, 0) is 0 Å². The van der Waals surface area contributed by atoms with Crippen LogP contribution in [-0.4, -0.2) is 65.6 Å². The molecule has 140 valence electrons. The van der Waals surface area contributed by atoms with E-state index in [0.717, 1.165) is 17.9 Å². The maximum absolute atomic E-state index is 12.1. The van der Waals surface area contributed by atoms with Crippen molar-refractivity contribution in [2.24, 2.45) is 0 Å². The van der Waals surface area contributed by atoms with Crippen LogP contribution in [0.2, 0.25) is 4.71 Å². The molecule has 3 atom stereocenters. The van der Waals surface area contributed by atoms with Gasteiger partial charge in [0.25, 0.3) is 0 Å². The Labute approximate surface area is 160 Å². The molecular formula is C16H25AsN2O5S. The third-order valence-corrected chi connectivity index (χ3v) is 5.82. The Morgan fingerprint density at radius 3 is 2.52 bits per heavy atom. The van der Waals surface area contributed by atoms with Crippen molar-refractivity contribution in [1.82, 2.24) is 10.9 Å². The van der Waals surface area contributed by atoms with Gasteiger partial charge in [0, 0.05) is 0 Å². The minimum atomic E-state index is -1.15. The van der Waals surface area contributed by atoms with Crippen LogP contribution in [0.5, 0.6) is 11.5 Å². The molecule has 1 rings (SSSR count). The molecule has 3 N–H and O–H groups in total. The first-order valence-electron chi connectivity index (χ1n) is 7.78. The zero-order chi connectivity index (χ0) is 18.8. The van der Waals surface area contributed by atoms with Crippen LogP contribution >= 0.6 is 11.8 Å². The van der Waals surface area contributed by atoms with Gasteiger partial charge in [-0.2, -0.15) is 0 Å². The summed E-state index contributed by atoms with van der Waals surface area (Å²) in [5, 5.41) is 10.0. The molecule has 2 unspecified atom stereocenters. The van der Waals surface area contributed by atoms with Gasteiger partial charge in [-0.25, -0.2) is 0 Å². The van der Waals surface area contributed by atoms with Gasteiger partial charge in [-0.3, -0.25) is 0 Å². The summed E-state index contributed by atoms with van der Waals surface area (Å²) >= 11 is 3.07. The number of methoxy groups -OCH3 is 2. The van der Waals surface area contributed by atoms with Gasteiger partial charge in [0.1, 0.15) is 0 Å². The first-order chi connectivity index (χ1) is 11.9. The van der Waals surface area contributed by atoms with Gasteiger partial charge in [0.15, 0.2) is 0 Å². The summed E-state index contributed by atoms with van der Waals surface area (Å²) in [4.78, 5) is 24.1. The van der Waals surface area contributed by atoms with E-state index in [1.165, 1.54) is 37.1 Å². The number of benzene rings is 1. The average molecular weight is 432 g/mol. The van der Waals surface area contributed by atoms with Crippen molar-refractivity contribution in [3.8, 4) is 11.5 Å². The van der Waals surface area contributed by atoms with E-state index in [1.54, 1.807) is 23.9 Å². The van der Waals surface area contributed by atoms with Crippen LogP contribution in [0.15, 0.2) is 18.2 Å². The molecule has 0 aliphatic carbocycles. The second kappa shape index (κ2) is 11.3. The van der Waals surface area contributed by atoms with Gasteiger partial charge in [0.2, 0.25) is 0 Å². The Morgan fingerprint density at radius 2 is 1.92 bits per heavy atom. The van der Waals surface area contributed by atoms with Crippen molar-refractivity contribution < 1.29 is 24.2 Å². The molecular weight excluding hydrogens is 407 g/mol. The summed E-state index contributed by atoms with van der Waals surface area (Å²) < 4.78 is 10.1. The van der Waals surface area contributed by atoms with Gasteiger partial charge >= 0.3 is 161 Å². The van der Waals surface area contributed by atoms with Crippen LogP contribution in [0.1, 0.15) is 23.7 Å². The molecule has 0 aliphatic rings. The second-order valence-electron chi connectivity index (χ2n) is 5.11. The quantitative estimate of drug-likeness (QED) is 0.297. The fourth-order valence-corrected chi connectivity index (χ4v) is 3.91. The molecule has 0 aliphatic heterocycles. The number of thioether (sulfide) groups is 1. The van der Waals surface area contributed by atoms with Crippen LogP contribution in [0, 0.1) is 0 Å². The Kier molecular flexibility index (Phi) is 9.78. The van der Waals surface area contributed by atoms with Gasteiger partial charge in [0.05, 0.1) is 0 Å². The molecule has 0 saturated carbocycles. The molecule has 25 heavy (non-hydrogen) atoms. The fraction of sp³-hybridized carbons (Fsp3) is 0.500. The van der Waals surface area contributed by atoms with E-state index >= 15 is 0 Å². The summed E-state index contributed by atoms with van der Waals surface area (Å²) in [6.45, 7) is 2.06. The van der Waals surface area contributed by atoms with Crippen LogP contribution in [0.25, 0.3) is 0 Å². The molecule has 1 aromatic rings. The van der Waals surface area contributed by atoms with Crippen molar-refractivity contribution in [1.29, 1.82) is 0 Å². The summed E-state index contributed by atoms with van der Waals surface area (Å²) in [5.74, 6) is 1.67. The number of amides is 2. The second-order valence-corrected chi connectivity index (χ2v) is 8.30. The number of rotatable bonds is 9. The van der Waals surface area contributed by atoms with E-state index in [-0.39, 0.29) is 4.71 Å². The number of hydrazine groups is 1. The van der Waals surface area contributed by atoms with Gasteiger partial charge in [-0.1, -0.05) is 0 Å². The number of aliphatic hydroxyl groups excluding tert-OH is 1. The van der Waals surface area contributed by atoms with Crippen LogP contribution in [-0.2, 0) is 4.79 Å². The molecule has 9 heteroatoms. The molecule has 2 amide bonds. The third-order valence-electron chi connectivity index (χ3n) is 3.42. The third kappa shape index (κ3) is 6.80. The van der Waals surface area contributed by atoms with Crippen molar-refractivity contribution in [2.75, 3.05) is 25.7 Å². The zero-order valence-electron chi connectivity index (χ0n) is 14.6. The van der Waals surface area contributed by atoms with Gasteiger partial charge < -0.3 is 0 Å². The molecule has 0 saturated heterocycles. The van der Waals surface area contributed by atoms with Crippen molar-refractivity contribution in [3.63, 3.8) is 0 Å². The van der Waals surface area contributed by atoms with Gasteiger partial charge in [-0.15, -0.1) is 0 Å². The van der Waals surface area contributed by atoms with Crippen LogP contribution in [0.4, 0.5) is 0 Å². The van der Waals surface area contributed by atoms with E-state index in [1.807, 2.05) is 0 Å². The minimum absolute atomic E-state index is 0.135. The number of carbonyl (C=O) groups excluding carboxylic acids is 2. The first kappa shape index (κ1) is 21.7. The Bertz CT molecular complexity index is 588. The number of hydrogen-bond acceptors (Lipinski definition) is 6. The van der Waals surface area contributed by atoms with E-state index in [4.69, 9.17) is 9.47 Å². The van der Waals surface area contributed by atoms with E-state index in [9.17, 15) is 14.7 Å². The van der Waals surface area contributed by atoms with Crippen molar-refractivity contribution >= 4 is 40.4 Å². The number of nitrogens with one attached hydrogen (secondary N) is 2. The molecule has 0 heterocycles. The summed E-state index contributed by atoms with van der Waals surface area (Å²) in [5.41, 5.74) is 4.85. The summed E-state index contributed by atoms with van der Waals surface area (Å²) in [6, 6.07) is 4.65. The Hall–Kier alpha value is -1.37. The topological polar surface area (TPSA) is 96.9 Å². The Morgan fingerprint density at radius 1 is 1.24 bits per heavy atom. The standard InChI is InChI=1S/C16H25AsN2O5S/c1-4-25-8-7-11(17)14(20)16(22)19-18-15(21)10-5-6-12(23-2)13(9-10)24-3/h5-6,9,11,14,20H,4,7-8,17H2,1-3H3,(H,18,21)(H,19,22)/t11-,14?/m1/s1. The SMILES string of the molecule is CCSCC[C@@H]([AsH2])C(O)C(=O)NNC(=O)c1ccc(OC)c(OC)c1. The maximum atomic E-state index is 12.1. The van der Waals surface area contributed by atoms with Crippen molar-refractivity contribution in [3.05, 3.63) is 23.8 Å². The fourth-order valence-electron chi connectivity index (χ4n) is 1.96. The number of ether oxygens (including phenoxy) is 2. The first-order valence-corrected chi connectivity index (χ1v) is 10.3. The molecule has 0 spiro atoms. The number of carbonyl (C=O) groups is 2. The van der Waals surface area contributed by atoms with E-state index in [0.29, 0.717) is 17.1 Å². The van der Waals surface area contributed by atoms with Crippen molar-refractivity contribution in [2.45, 2.75) is 24.2 Å². The number of hydrogen-bond donors (Lipinski definition) is 3. The summed E-state index contributed by atoms with van der Waals surface area (Å²) in [6.07, 6.45) is -0.403. The predicted octanol–water partition coefficient (Wildman–Crippen LogP) is 0.390. The van der Waals surface area contributed by atoms with E-state index in [2.05, 4.69) is 17.8 Å². The number of aliphatic hydroxyl groups is 1. The zero-order valence-corrected chi connectivity index (χ0v) is 17.8.